The fourth-order valence-electron chi connectivity index (χ4n) is 2.20. The van der Waals surface area contributed by atoms with Crippen molar-refractivity contribution < 1.29 is 14.3 Å². The summed E-state index contributed by atoms with van der Waals surface area (Å²) in [4.78, 5) is 29.3. The number of amides is 1. The van der Waals surface area contributed by atoms with Crippen LogP contribution < -0.4 is 0 Å². The predicted octanol–water partition coefficient (Wildman–Crippen LogP) is 1.11. The molecule has 0 aromatic carbocycles. The van der Waals surface area contributed by atoms with Crippen LogP contribution in [0.4, 0.5) is 0 Å². The average Bonchev–Trinajstić information content (AvgIpc) is 2.46. The zero-order chi connectivity index (χ0) is 13.0. The Morgan fingerprint density at radius 2 is 2.11 bits per heavy atom. The Bertz CT molecular complexity index is 433. The first-order valence-corrected chi connectivity index (χ1v) is 5.99. The second-order valence-electron chi connectivity index (χ2n) is 4.35. The molecule has 1 aliphatic rings. The molecule has 96 valence electrons. The molecule has 1 amide bonds. The third-order valence-corrected chi connectivity index (χ3v) is 3.17. The fourth-order valence-corrected chi connectivity index (χ4v) is 2.20. The summed E-state index contributed by atoms with van der Waals surface area (Å²) in [5, 5.41) is 0. The van der Waals surface area contributed by atoms with Crippen molar-refractivity contribution in [2.75, 3.05) is 20.2 Å². The number of piperidine rings is 1. The number of ether oxygens (including phenoxy) is 1. The summed E-state index contributed by atoms with van der Waals surface area (Å²) in [6.45, 7) is 1.13. The van der Waals surface area contributed by atoms with Gasteiger partial charge in [0, 0.05) is 31.0 Å². The molecular weight excluding hydrogens is 232 g/mol. The molecule has 0 bridgehead atoms. The van der Waals surface area contributed by atoms with Crippen molar-refractivity contribution in [3.8, 4) is 0 Å². The Morgan fingerprint density at radius 1 is 1.39 bits per heavy atom. The second kappa shape index (κ2) is 5.62. The van der Waals surface area contributed by atoms with E-state index in [0.717, 1.165) is 12.8 Å². The van der Waals surface area contributed by atoms with Crippen LogP contribution in [0.15, 0.2) is 24.5 Å². The highest BCUT2D eigenvalue weighted by atomic mass is 16.5. The van der Waals surface area contributed by atoms with E-state index in [1.807, 2.05) is 0 Å². The van der Waals surface area contributed by atoms with Crippen molar-refractivity contribution in [3.05, 3.63) is 30.1 Å². The van der Waals surface area contributed by atoms with Gasteiger partial charge in [0.2, 0.25) is 0 Å². The fraction of sp³-hybridized carbons (Fsp3) is 0.462. The maximum atomic E-state index is 12.2. The average molecular weight is 248 g/mol. The molecule has 0 unspecified atom stereocenters. The number of esters is 1. The summed E-state index contributed by atoms with van der Waals surface area (Å²) in [7, 11) is 1.38. The first-order valence-electron chi connectivity index (χ1n) is 5.99. The largest absolute Gasteiger partial charge is 0.469 e. The lowest BCUT2D eigenvalue weighted by Gasteiger charge is -2.31. The number of hydrogen-bond acceptors (Lipinski definition) is 4. The van der Waals surface area contributed by atoms with E-state index in [1.54, 1.807) is 29.4 Å². The Morgan fingerprint density at radius 3 is 2.78 bits per heavy atom. The maximum absolute atomic E-state index is 12.2. The van der Waals surface area contributed by atoms with Crippen molar-refractivity contribution in [2.24, 2.45) is 5.92 Å². The van der Waals surface area contributed by atoms with Crippen LogP contribution in [-0.4, -0.2) is 42.0 Å². The van der Waals surface area contributed by atoms with E-state index in [4.69, 9.17) is 4.74 Å². The molecule has 1 aromatic heterocycles. The monoisotopic (exact) mass is 248 g/mol. The van der Waals surface area contributed by atoms with Crippen LogP contribution >= 0.6 is 0 Å². The zero-order valence-electron chi connectivity index (χ0n) is 10.3. The van der Waals surface area contributed by atoms with Gasteiger partial charge in [0.25, 0.3) is 5.91 Å². The van der Waals surface area contributed by atoms with Crippen LogP contribution in [0.5, 0.6) is 0 Å². The molecule has 0 N–H and O–H groups in total. The lowest BCUT2D eigenvalue weighted by atomic mass is 9.97. The molecule has 0 spiro atoms. The van der Waals surface area contributed by atoms with Crippen LogP contribution in [0, 0.1) is 5.92 Å². The molecule has 0 saturated carbocycles. The Kier molecular flexibility index (Phi) is 3.92. The molecular formula is C13H16N2O3. The van der Waals surface area contributed by atoms with Gasteiger partial charge in [-0.2, -0.15) is 0 Å². The minimum Gasteiger partial charge on any atom is -0.469 e. The van der Waals surface area contributed by atoms with Crippen molar-refractivity contribution in [3.63, 3.8) is 0 Å². The number of nitrogens with zero attached hydrogens (tertiary/aromatic N) is 2. The van der Waals surface area contributed by atoms with Crippen molar-refractivity contribution in [2.45, 2.75) is 12.8 Å². The molecule has 0 aliphatic carbocycles. The zero-order valence-corrected chi connectivity index (χ0v) is 10.3. The maximum Gasteiger partial charge on any atom is 0.310 e. The van der Waals surface area contributed by atoms with Crippen molar-refractivity contribution >= 4 is 11.9 Å². The number of rotatable bonds is 2. The molecule has 5 nitrogen and oxygen atoms in total. The van der Waals surface area contributed by atoms with Gasteiger partial charge in [0.15, 0.2) is 0 Å². The first kappa shape index (κ1) is 12.5. The van der Waals surface area contributed by atoms with E-state index >= 15 is 0 Å². The molecule has 18 heavy (non-hydrogen) atoms. The number of carbonyl (C=O) groups is 2. The Hall–Kier alpha value is -1.91. The summed E-state index contributed by atoms with van der Waals surface area (Å²) < 4.78 is 4.74. The first-order chi connectivity index (χ1) is 8.72. The molecule has 1 aliphatic heterocycles. The number of likely N-dealkylation sites (tertiary alicyclic amines) is 1. The Balaban J connectivity index is 2.05. The molecule has 1 atom stereocenters. The standard InChI is InChI=1S/C13H16N2O3/c1-18-13(17)11-3-2-8-15(9-11)12(16)10-4-6-14-7-5-10/h4-7,11H,2-3,8-9H2,1H3/t11-/m1/s1. The number of pyridine rings is 1. The minimum absolute atomic E-state index is 0.0500. The van der Waals surface area contributed by atoms with Crippen LogP contribution in [0.2, 0.25) is 0 Å². The van der Waals surface area contributed by atoms with E-state index in [1.165, 1.54) is 7.11 Å². The molecule has 0 radical (unpaired) electrons. The summed E-state index contributed by atoms with van der Waals surface area (Å²) in [5.74, 6) is -0.484. The van der Waals surface area contributed by atoms with E-state index in [9.17, 15) is 9.59 Å². The topological polar surface area (TPSA) is 59.5 Å². The van der Waals surface area contributed by atoms with Gasteiger partial charge in [0.1, 0.15) is 0 Å². The summed E-state index contributed by atoms with van der Waals surface area (Å²) in [6.07, 6.45) is 4.80. The normalized spacial score (nSPS) is 19.4. The van der Waals surface area contributed by atoms with Gasteiger partial charge in [-0.3, -0.25) is 14.6 Å². The van der Waals surface area contributed by atoms with Crippen LogP contribution in [0.3, 0.4) is 0 Å². The highest BCUT2D eigenvalue weighted by Crippen LogP contribution is 2.19. The quantitative estimate of drug-likeness (QED) is 0.735. The lowest BCUT2D eigenvalue weighted by molar-refractivity contribution is -0.146. The molecule has 1 aromatic rings. The van der Waals surface area contributed by atoms with E-state index in [0.29, 0.717) is 18.7 Å². The van der Waals surface area contributed by atoms with Gasteiger partial charge in [-0.1, -0.05) is 0 Å². The van der Waals surface area contributed by atoms with Gasteiger partial charge < -0.3 is 9.64 Å². The molecule has 1 saturated heterocycles. The van der Waals surface area contributed by atoms with Gasteiger partial charge in [-0.05, 0) is 25.0 Å². The van der Waals surface area contributed by atoms with Crippen molar-refractivity contribution in [1.82, 2.24) is 9.88 Å². The van der Waals surface area contributed by atoms with E-state index < -0.39 is 0 Å². The smallest absolute Gasteiger partial charge is 0.310 e. The van der Waals surface area contributed by atoms with Crippen molar-refractivity contribution in [1.29, 1.82) is 0 Å². The highest BCUT2D eigenvalue weighted by molar-refractivity contribution is 5.94. The number of hydrogen-bond donors (Lipinski definition) is 0. The molecule has 2 rings (SSSR count). The van der Waals surface area contributed by atoms with E-state index in [2.05, 4.69) is 4.98 Å². The predicted molar refractivity (Wildman–Crippen MR) is 64.9 cm³/mol. The lowest BCUT2D eigenvalue weighted by Crippen LogP contribution is -2.42. The van der Waals surface area contributed by atoms with Crippen LogP contribution in [-0.2, 0) is 9.53 Å². The SMILES string of the molecule is COC(=O)[C@@H]1CCCN(C(=O)c2ccncc2)C1. The minimum atomic E-state index is -0.234. The highest BCUT2D eigenvalue weighted by Gasteiger charge is 2.29. The summed E-state index contributed by atoms with van der Waals surface area (Å²) in [5.41, 5.74) is 0.607. The Labute approximate surface area is 106 Å². The van der Waals surface area contributed by atoms with E-state index in [-0.39, 0.29) is 17.8 Å². The number of aromatic nitrogens is 1. The molecule has 2 heterocycles. The van der Waals surface area contributed by atoms with Gasteiger partial charge in [0.05, 0.1) is 13.0 Å². The van der Waals surface area contributed by atoms with Gasteiger partial charge in [-0.15, -0.1) is 0 Å². The van der Waals surface area contributed by atoms with Crippen LogP contribution in [0.1, 0.15) is 23.2 Å². The second-order valence-corrected chi connectivity index (χ2v) is 4.35. The molecule has 1 fully saturated rings. The molecule has 5 heteroatoms. The number of carbonyl (C=O) groups excluding carboxylic acids is 2. The number of methoxy groups -OCH3 is 1. The van der Waals surface area contributed by atoms with Gasteiger partial charge >= 0.3 is 5.97 Å². The van der Waals surface area contributed by atoms with Gasteiger partial charge in [-0.25, -0.2) is 0 Å². The third-order valence-electron chi connectivity index (χ3n) is 3.17. The summed E-state index contributed by atoms with van der Waals surface area (Å²) >= 11 is 0. The summed E-state index contributed by atoms with van der Waals surface area (Å²) in [6, 6.07) is 3.37. The van der Waals surface area contributed by atoms with Crippen LogP contribution in [0.25, 0.3) is 0 Å². The third kappa shape index (κ3) is 2.67.